The number of carbonyl (C=O) groups excluding carboxylic acids is 2. The molecule has 5 N–H and O–H groups in total. The number of carboxylic acids is 1. The van der Waals surface area contributed by atoms with Crippen molar-refractivity contribution in [1.82, 2.24) is 15.2 Å². The molecule has 3 atom stereocenters. The van der Waals surface area contributed by atoms with Crippen LogP contribution in [0.15, 0.2) is 30.3 Å². The first-order chi connectivity index (χ1) is 13.9. The zero-order chi connectivity index (χ0) is 21.0. The highest BCUT2D eigenvalue weighted by molar-refractivity contribution is 6.00. The monoisotopic (exact) mass is 400 g/mol. The SMILES string of the molecule is Cn1c(C(=O)N[C@@H](CCCN)C(=O)N[C@H]2CCC[C@H]2C(=O)O)cc2ccccc21. The Hall–Kier alpha value is -2.87. The molecule has 29 heavy (non-hydrogen) atoms. The molecule has 8 nitrogen and oxygen atoms in total. The van der Waals surface area contributed by atoms with Crippen LogP contribution in [0, 0.1) is 5.92 Å². The molecule has 0 radical (unpaired) electrons. The summed E-state index contributed by atoms with van der Waals surface area (Å²) in [6.07, 6.45) is 2.90. The molecule has 2 aromatic rings. The third kappa shape index (κ3) is 4.59. The lowest BCUT2D eigenvalue weighted by molar-refractivity contribution is -0.142. The molecule has 0 saturated heterocycles. The van der Waals surface area contributed by atoms with Crippen LogP contribution in [0.5, 0.6) is 0 Å². The van der Waals surface area contributed by atoms with Crippen molar-refractivity contribution in [3.63, 3.8) is 0 Å². The molecule has 1 saturated carbocycles. The number of rotatable bonds is 8. The summed E-state index contributed by atoms with van der Waals surface area (Å²) < 4.78 is 1.79. The average Bonchev–Trinajstić information content (AvgIpc) is 3.30. The molecule has 0 aliphatic heterocycles. The maximum atomic E-state index is 12.9. The van der Waals surface area contributed by atoms with Crippen molar-refractivity contribution in [2.24, 2.45) is 18.7 Å². The minimum absolute atomic E-state index is 0.345. The van der Waals surface area contributed by atoms with Gasteiger partial charge in [0.25, 0.3) is 5.91 Å². The van der Waals surface area contributed by atoms with E-state index in [-0.39, 0.29) is 11.8 Å². The van der Waals surface area contributed by atoms with E-state index in [0.29, 0.717) is 37.9 Å². The van der Waals surface area contributed by atoms with Crippen LogP contribution in [0.1, 0.15) is 42.6 Å². The Morgan fingerprint density at radius 2 is 2.03 bits per heavy atom. The van der Waals surface area contributed by atoms with Crippen molar-refractivity contribution in [2.45, 2.75) is 44.2 Å². The van der Waals surface area contributed by atoms with E-state index in [0.717, 1.165) is 17.3 Å². The maximum absolute atomic E-state index is 12.9. The van der Waals surface area contributed by atoms with Crippen molar-refractivity contribution in [2.75, 3.05) is 6.54 Å². The number of aryl methyl sites for hydroxylation is 1. The van der Waals surface area contributed by atoms with Crippen LogP contribution in [-0.4, -0.2) is 46.1 Å². The number of aliphatic carboxylic acids is 1. The standard InChI is InChI=1S/C21H28N4O4/c1-25-17-10-3-2-6-13(17)12-18(25)20(27)24-16(9-5-11-22)19(26)23-15-8-4-7-14(15)21(28)29/h2-3,6,10,12,14-16H,4-5,7-9,11,22H2,1H3,(H,23,26)(H,24,27)(H,28,29)/t14-,15+,16+/m1/s1. The zero-order valence-electron chi connectivity index (χ0n) is 16.6. The Bertz CT molecular complexity index is 907. The van der Waals surface area contributed by atoms with Crippen LogP contribution in [-0.2, 0) is 16.6 Å². The predicted molar refractivity (Wildman–Crippen MR) is 109 cm³/mol. The molecule has 0 spiro atoms. The lowest BCUT2D eigenvalue weighted by atomic mass is 10.0. The van der Waals surface area contributed by atoms with E-state index in [2.05, 4.69) is 10.6 Å². The normalized spacial score (nSPS) is 19.8. The van der Waals surface area contributed by atoms with E-state index in [4.69, 9.17) is 5.73 Å². The van der Waals surface area contributed by atoms with Crippen LogP contribution in [0.2, 0.25) is 0 Å². The number of amides is 2. The number of carbonyl (C=O) groups is 3. The highest BCUT2D eigenvalue weighted by Gasteiger charge is 2.35. The van der Waals surface area contributed by atoms with Gasteiger partial charge in [-0.1, -0.05) is 24.6 Å². The second-order valence-electron chi connectivity index (χ2n) is 7.60. The second kappa shape index (κ2) is 9.09. The summed E-state index contributed by atoms with van der Waals surface area (Å²) in [5.74, 6) is -2.18. The van der Waals surface area contributed by atoms with Gasteiger partial charge in [0, 0.05) is 24.0 Å². The van der Waals surface area contributed by atoms with Gasteiger partial charge in [-0.25, -0.2) is 0 Å². The molecule has 1 aromatic heterocycles. The maximum Gasteiger partial charge on any atom is 0.308 e. The molecule has 3 rings (SSSR count). The van der Waals surface area contributed by atoms with Gasteiger partial charge in [-0.05, 0) is 44.4 Å². The number of carboxylic acid groups (broad SMARTS) is 1. The number of nitrogens with zero attached hydrogens (tertiary/aromatic N) is 1. The van der Waals surface area contributed by atoms with Crippen molar-refractivity contribution in [3.05, 3.63) is 36.0 Å². The minimum atomic E-state index is -0.897. The van der Waals surface area contributed by atoms with Crippen LogP contribution >= 0.6 is 0 Å². The number of nitrogens with one attached hydrogen (secondary N) is 2. The van der Waals surface area contributed by atoms with Crippen molar-refractivity contribution in [3.8, 4) is 0 Å². The van der Waals surface area contributed by atoms with Gasteiger partial charge < -0.3 is 26.0 Å². The number of para-hydroxylation sites is 1. The molecule has 2 amide bonds. The van der Waals surface area contributed by atoms with E-state index in [1.807, 2.05) is 31.3 Å². The van der Waals surface area contributed by atoms with Gasteiger partial charge in [0.15, 0.2) is 0 Å². The van der Waals surface area contributed by atoms with Gasteiger partial charge in [0.2, 0.25) is 5.91 Å². The fraction of sp³-hybridized carbons (Fsp3) is 0.476. The molecular weight excluding hydrogens is 372 g/mol. The Labute approximate surface area is 169 Å². The highest BCUT2D eigenvalue weighted by atomic mass is 16.4. The Balaban J connectivity index is 1.73. The van der Waals surface area contributed by atoms with Gasteiger partial charge in [0.1, 0.15) is 11.7 Å². The van der Waals surface area contributed by atoms with E-state index in [1.165, 1.54) is 0 Å². The molecule has 0 unspecified atom stereocenters. The van der Waals surface area contributed by atoms with E-state index >= 15 is 0 Å². The molecular formula is C21H28N4O4. The number of fused-ring (bicyclic) bond motifs is 1. The zero-order valence-corrected chi connectivity index (χ0v) is 16.6. The summed E-state index contributed by atoms with van der Waals surface area (Å²) in [4.78, 5) is 37.1. The largest absolute Gasteiger partial charge is 0.481 e. The van der Waals surface area contributed by atoms with Crippen LogP contribution in [0.4, 0.5) is 0 Å². The number of hydrogen-bond donors (Lipinski definition) is 4. The van der Waals surface area contributed by atoms with E-state index < -0.39 is 24.0 Å². The molecule has 8 heteroatoms. The van der Waals surface area contributed by atoms with Crippen LogP contribution < -0.4 is 16.4 Å². The smallest absolute Gasteiger partial charge is 0.308 e. The fourth-order valence-electron chi connectivity index (χ4n) is 4.04. The van der Waals surface area contributed by atoms with Gasteiger partial charge in [-0.3, -0.25) is 14.4 Å². The summed E-state index contributed by atoms with van der Waals surface area (Å²) in [6.45, 7) is 0.398. The highest BCUT2D eigenvalue weighted by Crippen LogP contribution is 2.26. The Morgan fingerprint density at radius 3 is 2.72 bits per heavy atom. The van der Waals surface area contributed by atoms with Crippen molar-refractivity contribution < 1.29 is 19.5 Å². The molecule has 1 fully saturated rings. The molecule has 1 heterocycles. The molecule has 1 aliphatic carbocycles. The van der Waals surface area contributed by atoms with Gasteiger partial charge in [0.05, 0.1) is 5.92 Å². The average molecular weight is 400 g/mol. The predicted octanol–water partition coefficient (Wildman–Crippen LogP) is 1.39. The summed E-state index contributed by atoms with van der Waals surface area (Å²) in [5.41, 5.74) is 6.98. The third-order valence-corrected chi connectivity index (χ3v) is 5.66. The van der Waals surface area contributed by atoms with Gasteiger partial charge in [-0.2, -0.15) is 0 Å². The molecule has 156 valence electrons. The first-order valence-electron chi connectivity index (χ1n) is 10.0. The number of hydrogen-bond acceptors (Lipinski definition) is 4. The van der Waals surface area contributed by atoms with Gasteiger partial charge in [-0.15, -0.1) is 0 Å². The summed E-state index contributed by atoms with van der Waals surface area (Å²) in [6, 6.07) is 8.28. The molecule has 1 aromatic carbocycles. The lowest BCUT2D eigenvalue weighted by Crippen LogP contribution is -2.51. The molecule has 1 aliphatic rings. The van der Waals surface area contributed by atoms with Gasteiger partial charge >= 0.3 is 5.97 Å². The third-order valence-electron chi connectivity index (χ3n) is 5.66. The summed E-state index contributed by atoms with van der Waals surface area (Å²) in [5, 5.41) is 15.9. The number of benzene rings is 1. The minimum Gasteiger partial charge on any atom is -0.481 e. The van der Waals surface area contributed by atoms with Crippen molar-refractivity contribution >= 4 is 28.7 Å². The quantitative estimate of drug-likeness (QED) is 0.533. The van der Waals surface area contributed by atoms with Crippen molar-refractivity contribution in [1.29, 1.82) is 0 Å². The second-order valence-corrected chi connectivity index (χ2v) is 7.60. The van der Waals surface area contributed by atoms with Crippen LogP contribution in [0.25, 0.3) is 10.9 Å². The number of aromatic nitrogens is 1. The summed E-state index contributed by atoms with van der Waals surface area (Å²) in [7, 11) is 1.81. The Kier molecular flexibility index (Phi) is 6.53. The first kappa shape index (κ1) is 20.9. The fourth-order valence-corrected chi connectivity index (χ4v) is 4.04. The lowest BCUT2D eigenvalue weighted by Gasteiger charge is -2.23. The Morgan fingerprint density at radius 1 is 1.28 bits per heavy atom. The summed E-state index contributed by atoms with van der Waals surface area (Å²) >= 11 is 0. The number of nitrogens with two attached hydrogens (primary N) is 1. The first-order valence-corrected chi connectivity index (χ1v) is 10.0. The van der Waals surface area contributed by atoms with E-state index in [1.54, 1.807) is 10.6 Å². The van der Waals surface area contributed by atoms with E-state index in [9.17, 15) is 19.5 Å². The molecule has 0 bridgehead atoms. The van der Waals surface area contributed by atoms with Crippen LogP contribution in [0.3, 0.4) is 0 Å². The topological polar surface area (TPSA) is 126 Å².